The SMILES string of the molecule is FC(F)(F)c1cccc(C(O[C@H]2CCCN[C@H]2c2ccccc2)C(F)(F)F)c1. The topological polar surface area (TPSA) is 21.3 Å². The second kappa shape index (κ2) is 8.13. The van der Waals surface area contributed by atoms with Crippen LogP contribution in [0, 0.1) is 0 Å². The molecular formula is C20H19F6NO. The maximum atomic E-state index is 13.7. The number of hydrogen-bond donors (Lipinski definition) is 1. The number of benzene rings is 2. The van der Waals surface area contributed by atoms with Crippen LogP contribution in [-0.2, 0) is 10.9 Å². The maximum Gasteiger partial charge on any atom is 0.418 e. The van der Waals surface area contributed by atoms with E-state index in [2.05, 4.69) is 5.32 Å². The van der Waals surface area contributed by atoms with E-state index in [1.165, 1.54) is 0 Å². The number of halogens is 6. The maximum absolute atomic E-state index is 13.7. The van der Waals surface area contributed by atoms with Crippen molar-refractivity contribution in [1.82, 2.24) is 5.32 Å². The molecule has 3 atom stereocenters. The summed E-state index contributed by atoms with van der Waals surface area (Å²) in [4.78, 5) is 0. The van der Waals surface area contributed by atoms with Crippen LogP contribution in [0.15, 0.2) is 54.6 Å². The van der Waals surface area contributed by atoms with Crippen LogP contribution in [0.1, 0.15) is 41.7 Å². The van der Waals surface area contributed by atoms with Crippen molar-refractivity contribution < 1.29 is 31.1 Å². The lowest BCUT2D eigenvalue weighted by Crippen LogP contribution is -2.41. The van der Waals surface area contributed by atoms with Gasteiger partial charge in [-0.2, -0.15) is 26.3 Å². The van der Waals surface area contributed by atoms with Gasteiger partial charge >= 0.3 is 12.4 Å². The summed E-state index contributed by atoms with van der Waals surface area (Å²) in [5.74, 6) is 0. The second-order valence-corrected chi connectivity index (χ2v) is 6.70. The molecule has 1 aliphatic rings. The summed E-state index contributed by atoms with van der Waals surface area (Å²) < 4.78 is 85.3. The molecule has 1 unspecified atom stereocenters. The van der Waals surface area contributed by atoms with Crippen molar-refractivity contribution in [3.05, 3.63) is 71.3 Å². The van der Waals surface area contributed by atoms with Crippen molar-refractivity contribution in [2.75, 3.05) is 6.54 Å². The summed E-state index contributed by atoms with van der Waals surface area (Å²) in [5, 5.41) is 3.16. The van der Waals surface area contributed by atoms with E-state index in [1.54, 1.807) is 30.3 Å². The molecule has 0 amide bonds. The Morgan fingerprint density at radius 1 is 0.929 bits per heavy atom. The van der Waals surface area contributed by atoms with Gasteiger partial charge in [0.25, 0.3) is 0 Å². The number of piperidine rings is 1. The van der Waals surface area contributed by atoms with Crippen LogP contribution in [0.5, 0.6) is 0 Å². The number of rotatable bonds is 4. The monoisotopic (exact) mass is 403 g/mol. The van der Waals surface area contributed by atoms with Crippen molar-refractivity contribution in [1.29, 1.82) is 0 Å². The van der Waals surface area contributed by atoms with Crippen LogP contribution in [0.2, 0.25) is 0 Å². The van der Waals surface area contributed by atoms with Gasteiger partial charge in [0.1, 0.15) is 0 Å². The standard InChI is InChI=1S/C20H19F6NO/c21-19(22,23)15-9-4-8-14(12-15)18(20(24,25)26)28-16-10-5-11-27-17(16)13-6-2-1-3-7-13/h1-4,6-9,12,16-18,27H,5,10-11H2/t16-,17-,18?/m0/s1. The van der Waals surface area contributed by atoms with Gasteiger partial charge < -0.3 is 10.1 Å². The molecular weight excluding hydrogens is 384 g/mol. The van der Waals surface area contributed by atoms with Gasteiger partial charge in [-0.3, -0.25) is 0 Å². The average Bonchev–Trinajstić information content (AvgIpc) is 2.65. The third-order valence-corrected chi connectivity index (χ3v) is 4.69. The van der Waals surface area contributed by atoms with E-state index in [0.29, 0.717) is 25.5 Å². The second-order valence-electron chi connectivity index (χ2n) is 6.70. The fraction of sp³-hybridized carbons (Fsp3) is 0.400. The number of ether oxygens (including phenoxy) is 1. The van der Waals surface area contributed by atoms with Crippen molar-refractivity contribution in [2.45, 2.75) is 43.4 Å². The Morgan fingerprint density at radius 2 is 1.64 bits per heavy atom. The molecule has 1 saturated heterocycles. The number of alkyl halides is 6. The summed E-state index contributed by atoms with van der Waals surface area (Å²) in [7, 11) is 0. The molecule has 0 aromatic heterocycles. The molecule has 3 rings (SSSR count). The van der Waals surface area contributed by atoms with Gasteiger partial charge in [0.2, 0.25) is 0 Å². The van der Waals surface area contributed by atoms with Crippen LogP contribution < -0.4 is 5.32 Å². The lowest BCUT2D eigenvalue weighted by atomic mass is 9.94. The van der Waals surface area contributed by atoms with Crippen molar-refractivity contribution in [3.63, 3.8) is 0 Å². The fourth-order valence-electron chi connectivity index (χ4n) is 3.40. The first kappa shape index (κ1) is 20.7. The van der Waals surface area contributed by atoms with Crippen LogP contribution >= 0.6 is 0 Å². The van der Waals surface area contributed by atoms with Gasteiger partial charge in [0, 0.05) is 0 Å². The lowest BCUT2D eigenvalue weighted by molar-refractivity contribution is -0.242. The zero-order valence-electron chi connectivity index (χ0n) is 14.7. The van der Waals surface area contributed by atoms with E-state index >= 15 is 0 Å². The quantitative estimate of drug-likeness (QED) is 0.650. The van der Waals surface area contributed by atoms with E-state index in [-0.39, 0.29) is 0 Å². The van der Waals surface area contributed by atoms with Crippen LogP contribution in [-0.4, -0.2) is 18.8 Å². The molecule has 1 heterocycles. The Labute approximate surface area is 158 Å². The van der Waals surface area contributed by atoms with Crippen molar-refractivity contribution in [2.24, 2.45) is 0 Å². The molecule has 2 nitrogen and oxygen atoms in total. The molecule has 1 fully saturated rings. The van der Waals surface area contributed by atoms with Gasteiger partial charge in [-0.05, 0) is 42.6 Å². The van der Waals surface area contributed by atoms with Crippen LogP contribution in [0.3, 0.4) is 0 Å². The first-order valence-corrected chi connectivity index (χ1v) is 8.84. The Morgan fingerprint density at radius 3 is 2.29 bits per heavy atom. The Balaban J connectivity index is 1.90. The fourth-order valence-corrected chi connectivity index (χ4v) is 3.40. The summed E-state index contributed by atoms with van der Waals surface area (Å²) in [5.41, 5.74) is -0.916. The summed E-state index contributed by atoms with van der Waals surface area (Å²) in [6, 6.07) is 11.7. The molecule has 1 N–H and O–H groups in total. The van der Waals surface area contributed by atoms with E-state index in [9.17, 15) is 26.3 Å². The smallest absolute Gasteiger partial charge is 0.359 e. The average molecular weight is 403 g/mol. The van der Waals surface area contributed by atoms with Gasteiger partial charge in [0.05, 0.1) is 17.7 Å². The third kappa shape index (κ3) is 4.86. The van der Waals surface area contributed by atoms with Crippen LogP contribution in [0.25, 0.3) is 0 Å². The molecule has 0 saturated carbocycles. The van der Waals surface area contributed by atoms with Gasteiger partial charge in [-0.15, -0.1) is 0 Å². The first-order valence-electron chi connectivity index (χ1n) is 8.84. The lowest BCUT2D eigenvalue weighted by Gasteiger charge is -2.36. The highest BCUT2D eigenvalue weighted by molar-refractivity contribution is 5.28. The minimum Gasteiger partial charge on any atom is -0.359 e. The van der Waals surface area contributed by atoms with Gasteiger partial charge in [-0.25, -0.2) is 0 Å². The molecule has 2 aromatic rings. The molecule has 0 spiro atoms. The molecule has 0 bridgehead atoms. The number of hydrogen-bond acceptors (Lipinski definition) is 2. The third-order valence-electron chi connectivity index (χ3n) is 4.69. The van der Waals surface area contributed by atoms with Crippen LogP contribution in [0.4, 0.5) is 26.3 Å². The molecule has 8 heteroatoms. The molecule has 0 aliphatic carbocycles. The highest BCUT2D eigenvalue weighted by atomic mass is 19.4. The molecule has 2 aromatic carbocycles. The van der Waals surface area contributed by atoms with E-state index in [4.69, 9.17) is 4.74 Å². The Kier molecular flexibility index (Phi) is 6.00. The summed E-state index contributed by atoms with van der Waals surface area (Å²) in [6.45, 7) is 0.625. The Hall–Kier alpha value is -2.06. The summed E-state index contributed by atoms with van der Waals surface area (Å²) >= 11 is 0. The largest absolute Gasteiger partial charge is 0.418 e. The predicted octanol–water partition coefficient (Wildman–Crippen LogP) is 5.82. The highest BCUT2D eigenvalue weighted by Gasteiger charge is 2.45. The minimum atomic E-state index is -4.84. The van der Waals surface area contributed by atoms with Crippen molar-refractivity contribution >= 4 is 0 Å². The zero-order valence-corrected chi connectivity index (χ0v) is 14.7. The minimum absolute atomic E-state index is 0.373. The van der Waals surface area contributed by atoms with E-state index in [0.717, 1.165) is 23.8 Å². The zero-order chi connectivity index (χ0) is 20.4. The van der Waals surface area contributed by atoms with Gasteiger partial charge in [-0.1, -0.05) is 42.5 Å². The van der Waals surface area contributed by atoms with Crippen molar-refractivity contribution in [3.8, 4) is 0 Å². The van der Waals surface area contributed by atoms with E-state index < -0.39 is 41.7 Å². The van der Waals surface area contributed by atoms with Gasteiger partial charge in [0.15, 0.2) is 6.10 Å². The normalized spacial score (nSPS) is 22.1. The summed E-state index contributed by atoms with van der Waals surface area (Å²) in [6.07, 6.45) is -11.9. The predicted molar refractivity (Wildman–Crippen MR) is 91.5 cm³/mol. The number of nitrogens with one attached hydrogen (secondary N) is 1. The molecule has 28 heavy (non-hydrogen) atoms. The molecule has 1 aliphatic heterocycles. The first-order chi connectivity index (χ1) is 13.2. The Bertz CT molecular complexity index is 774. The molecule has 0 radical (unpaired) electrons. The highest BCUT2D eigenvalue weighted by Crippen LogP contribution is 2.41. The molecule has 152 valence electrons. The van der Waals surface area contributed by atoms with E-state index in [1.807, 2.05) is 0 Å².